The second-order valence-corrected chi connectivity index (χ2v) is 8.74. The molecular formula is C17H30O6Si. The highest BCUT2D eigenvalue weighted by Crippen LogP contribution is 2.55. The Balaban J connectivity index is 2.53. The molecule has 138 valence electrons. The van der Waals surface area contributed by atoms with Gasteiger partial charge in [-0.3, -0.25) is 9.59 Å². The van der Waals surface area contributed by atoms with Gasteiger partial charge in [-0.2, -0.15) is 0 Å². The van der Waals surface area contributed by atoms with Gasteiger partial charge in [0, 0.05) is 38.7 Å². The first-order chi connectivity index (χ1) is 11.5. The molecule has 0 amide bonds. The molecule has 0 aliphatic heterocycles. The maximum absolute atomic E-state index is 12.5. The van der Waals surface area contributed by atoms with Crippen LogP contribution in [0.2, 0.25) is 6.04 Å². The van der Waals surface area contributed by atoms with Crippen LogP contribution in [0, 0.1) is 11.3 Å². The molecule has 6 nitrogen and oxygen atoms in total. The molecule has 0 aromatic heterocycles. The van der Waals surface area contributed by atoms with Gasteiger partial charge < -0.3 is 18.0 Å². The number of allylic oxidation sites excluding steroid dienone is 1. The summed E-state index contributed by atoms with van der Waals surface area (Å²) in [5, 5.41) is 0. The van der Waals surface area contributed by atoms with Crippen molar-refractivity contribution in [3.63, 3.8) is 0 Å². The highest BCUT2D eigenvalue weighted by molar-refractivity contribution is 6.60. The molecule has 2 unspecified atom stereocenters. The third-order valence-electron chi connectivity index (χ3n) is 4.52. The summed E-state index contributed by atoms with van der Waals surface area (Å²) < 4.78 is 21.8. The molecule has 7 heteroatoms. The lowest BCUT2D eigenvalue weighted by Crippen LogP contribution is -2.44. The van der Waals surface area contributed by atoms with E-state index in [-0.39, 0.29) is 11.7 Å². The fraction of sp³-hybridized carbons (Fsp3) is 0.765. The maximum atomic E-state index is 12.5. The van der Waals surface area contributed by atoms with E-state index in [0.717, 1.165) is 6.42 Å². The molecule has 0 heterocycles. The van der Waals surface area contributed by atoms with E-state index in [9.17, 15) is 9.59 Å². The zero-order chi connectivity index (χ0) is 18.2. The minimum atomic E-state index is -2.64. The van der Waals surface area contributed by atoms with Gasteiger partial charge in [0.25, 0.3) is 0 Å². The smallest absolute Gasteiger partial charge is 0.468 e. The average molecular weight is 359 g/mol. The first kappa shape index (κ1) is 21.0. The van der Waals surface area contributed by atoms with Crippen LogP contribution in [0.25, 0.3) is 0 Å². The number of unbranched alkanes of at least 4 members (excludes halogenated alkanes) is 1. The van der Waals surface area contributed by atoms with Crippen molar-refractivity contribution >= 4 is 20.6 Å². The van der Waals surface area contributed by atoms with Crippen molar-refractivity contribution in [1.29, 1.82) is 0 Å². The lowest BCUT2D eigenvalue weighted by molar-refractivity contribution is -0.152. The number of rotatable bonds is 13. The Morgan fingerprint density at radius 1 is 1.21 bits per heavy atom. The Bertz CT molecular complexity index is 446. The van der Waals surface area contributed by atoms with Gasteiger partial charge in [-0.05, 0) is 33.1 Å². The third-order valence-corrected chi connectivity index (χ3v) is 7.57. The Hall–Kier alpha value is -1.02. The summed E-state index contributed by atoms with van der Waals surface area (Å²) in [5.41, 5.74) is -0.994. The van der Waals surface area contributed by atoms with E-state index < -0.39 is 20.2 Å². The zero-order valence-electron chi connectivity index (χ0n) is 15.3. The van der Waals surface area contributed by atoms with Crippen molar-refractivity contribution in [2.75, 3.05) is 27.4 Å². The number of esters is 1. The summed E-state index contributed by atoms with van der Waals surface area (Å²) in [5.74, 6) is -0.602. The molecule has 0 saturated heterocycles. The average Bonchev–Trinajstić information content (AvgIpc) is 3.34. The number of methoxy groups -OCH3 is 1. The van der Waals surface area contributed by atoms with Gasteiger partial charge in [0.1, 0.15) is 5.41 Å². The van der Waals surface area contributed by atoms with Gasteiger partial charge in [-0.25, -0.2) is 0 Å². The van der Waals surface area contributed by atoms with E-state index in [1.807, 2.05) is 13.8 Å². The van der Waals surface area contributed by atoms with Gasteiger partial charge in [0.05, 0.1) is 7.11 Å². The molecule has 0 spiro atoms. The third kappa shape index (κ3) is 4.53. The van der Waals surface area contributed by atoms with Crippen LogP contribution in [-0.2, 0) is 27.6 Å². The quantitative estimate of drug-likeness (QED) is 0.166. The van der Waals surface area contributed by atoms with Gasteiger partial charge in [-0.1, -0.05) is 6.08 Å². The maximum Gasteiger partial charge on any atom is 0.500 e. The summed E-state index contributed by atoms with van der Waals surface area (Å²) in [6.45, 7) is 8.58. The number of hydrogen-bond acceptors (Lipinski definition) is 6. The van der Waals surface area contributed by atoms with Crippen LogP contribution < -0.4 is 0 Å². The molecular weight excluding hydrogens is 328 g/mol. The highest BCUT2D eigenvalue weighted by atomic mass is 28.4. The summed E-state index contributed by atoms with van der Waals surface area (Å²) in [4.78, 5) is 24.5. The minimum absolute atomic E-state index is 0.0586. The molecule has 0 radical (unpaired) electrons. The standard InChI is InChI=1S/C17H30O6Si/c1-6-14-13-17(14,16(19)20-4)15(18)11-9-10-12-24(21-5,22-7-2)23-8-3/h6,14H,1,7-13H2,2-5H3. The molecule has 1 rings (SSSR count). The van der Waals surface area contributed by atoms with Crippen LogP contribution in [0.4, 0.5) is 0 Å². The van der Waals surface area contributed by atoms with E-state index in [1.165, 1.54) is 7.11 Å². The lowest BCUT2D eigenvalue weighted by Gasteiger charge is -2.27. The van der Waals surface area contributed by atoms with Crippen molar-refractivity contribution in [2.24, 2.45) is 11.3 Å². The summed E-state index contributed by atoms with van der Waals surface area (Å²) >= 11 is 0. The van der Waals surface area contributed by atoms with Gasteiger partial charge in [-0.15, -0.1) is 6.58 Å². The molecule has 0 aromatic carbocycles. The fourth-order valence-electron chi connectivity index (χ4n) is 3.12. The number of ether oxygens (including phenoxy) is 1. The molecule has 1 saturated carbocycles. The molecule has 24 heavy (non-hydrogen) atoms. The first-order valence-electron chi connectivity index (χ1n) is 8.53. The molecule has 1 fully saturated rings. The van der Waals surface area contributed by atoms with E-state index in [4.69, 9.17) is 18.0 Å². The largest absolute Gasteiger partial charge is 0.500 e. The van der Waals surface area contributed by atoms with Crippen molar-refractivity contribution in [2.45, 2.75) is 45.6 Å². The van der Waals surface area contributed by atoms with Crippen molar-refractivity contribution in [3.8, 4) is 0 Å². The van der Waals surface area contributed by atoms with E-state index in [2.05, 4.69) is 6.58 Å². The number of Topliss-reactive ketones (excluding diaryl/α,β-unsaturated/α-hetero) is 1. The molecule has 1 aliphatic carbocycles. The summed E-state index contributed by atoms with van der Waals surface area (Å²) in [6.07, 6.45) is 3.94. The predicted molar refractivity (Wildman–Crippen MR) is 92.4 cm³/mol. The zero-order valence-corrected chi connectivity index (χ0v) is 16.3. The Labute approximate surface area is 145 Å². The van der Waals surface area contributed by atoms with Crippen LogP contribution in [0.5, 0.6) is 0 Å². The Morgan fingerprint density at radius 3 is 2.25 bits per heavy atom. The van der Waals surface area contributed by atoms with Crippen LogP contribution >= 0.6 is 0 Å². The predicted octanol–water partition coefficient (Wildman–Crippen LogP) is 2.75. The van der Waals surface area contributed by atoms with E-state index in [0.29, 0.717) is 38.5 Å². The van der Waals surface area contributed by atoms with Crippen LogP contribution in [-0.4, -0.2) is 48.0 Å². The summed E-state index contributed by atoms with van der Waals surface area (Å²) in [6, 6.07) is 0.661. The normalized spacial score (nSPS) is 22.9. The molecule has 1 aliphatic rings. The Morgan fingerprint density at radius 2 is 1.83 bits per heavy atom. The van der Waals surface area contributed by atoms with Gasteiger partial charge in [0.15, 0.2) is 5.78 Å². The second kappa shape index (κ2) is 9.46. The number of carbonyl (C=O) groups excluding carboxylic acids is 2. The molecule has 0 aromatic rings. The van der Waals surface area contributed by atoms with Crippen LogP contribution in [0.15, 0.2) is 12.7 Å². The number of ketones is 1. The second-order valence-electron chi connectivity index (χ2n) is 5.89. The highest BCUT2D eigenvalue weighted by Gasteiger charge is 2.64. The van der Waals surface area contributed by atoms with Gasteiger partial charge >= 0.3 is 14.8 Å². The molecule has 0 bridgehead atoms. The lowest BCUT2D eigenvalue weighted by atomic mass is 9.94. The van der Waals surface area contributed by atoms with Gasteiger partial charge in [0.2, 0.25) is 0 Å². The van der Waals surface area contributed by atoms with E-state index >= 15 is 0 Å². The molecule has 2 atom stereocenters. The Kier molecular flexibility index (Phi) is 8.28. The fourth-order valence-corrected chi connectivity index (χ4v) is 5.49. The minimum Gasteiger partial charge on any atom is -0.468 e. The van der Waals surface area contributed by atoms with Crippen molar-refractivity contribution in [1.82, 2.24) is 0 Å². The topological polar surface area (TPSA) is 71.1 Å². The number of carbonyl (C=O) groups is 2. The van der Waals surface area contributed by atoms with Crippen molar-refractivity contribution in [3.05, 3.63) is 12.7 Å². The number of hydrogen-bond donors (Lipinski definition) is 0. The molecule has 0 N–H and O–H groups in total. The van der Waals surface area contributed by atoms with Crippen LogP contribution in [0.1, 0.15) is 39.5 Å². The van der Waals surface area contributed by atoms with Crippen LogP contribution in [0.3, 0.4) is 0 Å². The van der Waals surface area contributed by atoms with Crippen molar-refractivity contribution < 1.29 is 27.6 Å². The van der Waals surface area contributed by atoms with E-state index in [1.54, 1.807) is 13.2 Å². The monoisotopic (exact) mass is 358 g/mol. The summed E-state index contributed by atoms with van der Waals surface area (Å²) in [7, 11) is 0.283. The SMILES string of the molecule is C=CC1CC1(C(=O)CCCC[Si](OC)(OCC)OCC)C(=O)OC. The first-order valence-corrected chi connectivity index (χ1v) is 10.5.